The van der Waals surface area contributed by atoms with Crippen molar-refractivity contribution in [2.24, 2.45) is 0 Å². The van der Waals surface area contributed by atoms with Crippen LogP contribution >= 0.6 is 12.2 Å². The lowest BCUT2D eigenvalue weighted by molar-refractivity contribution is -0.131. The Kier molecular flexibility index (Phi) is 7.22. The molecule has 28 heavy (non-hydrogen) atoms. The number of benzene rings is 1. The number of ether oxygens (including phenoxy) is 1. The van der Waals surface area contributed by atoms with Gasteiger partial charge in [0.15, 0.2) is 4.77 Å². The number of nitrogens with one attached hydrogen (secondary N) is 1. The standard InChI is InChI=1S/C20H29N5O2S/c1-3-5-18-21-22-20(28)25(18)15-19(26)24-11-4-10-23(12-13-24)14-16-6-8-17(27-2)9-7-16/h6-9H,3-5,10-15H2,1-2H3,(H,22,28). The summed E-state index contributed by atoms with van der Waals surface area (Å²) in [6.07, 6.45) is 2.76. The fourth-order valence-corrected chi connectivity index (χ4v) is 3.75. The molecule has 0 spiro atoms. The molecule has 0 bridgehead atoms. The zero-order valence-electron chi connectivity index (χ0n) is 16.7. The molecule has 2 heterocycles. The van der Waals surface area contributed by atoms with E-state index in [0.29, 0.717) is 4.77 Å². The van der Waals surface area contributed by atoms with Gasteiger partial charge in [-0.1, -0.05) is 19.1 Å². The molecule has 8 heteroatoms. The lowest BCUT2D eigenvalue weighted by Crippen LogP contribution is -2.37. The SMILES string of the molecule is CCCc1n[nH]c(=S)n1CC(=O)N1CCCN(Cc2ccc(OC)cc2)CC1. The number of rotatable bonds is 7. The van der Waals surface area contributed by atoms with Gasteiger partial charge in [-0.15, -0.1) is 0 Å². The summed E-state index contributed by atoms with van der Waals surface area (Å²) in [4.78, 5) is 17.2. The van der Waals surface area contributed by atoms with Gasteiger partial charge in [-0.05, 0) is 42.8 Å². The first kappa shape index (κ1) is 20.5. The quantitative estimate of drug-likeness (QED) is 0.720. The highest BCUT2D eigenvalue weighted by atomic mass is 32.1. The molecule has 3 rings (SSSR count). The Bertz CT molecular complexity index is 830. The maximum Gasteiger partial charge on any atom is 0.242 e. The summed E-state index contributed by atoms with van der Waals surface area (Å²) in [5.41, 5.74) is 1.26. The van der Waals surface area contributed by atoms with Crippen LogP contribution in [0.1, 0.15) is 31.2 Å². The van der Waals surface area contributed by atoms with Crippen molar-refractivity contribution in [3.63, 3.8) is 0 Å². The molecular formula is C20H29N5O2S. The summed E-state index contributed by atoms with van der Waals surface area (Å²) in [7, 11) is 1.68. The molecule has 1 aromatic carbocycles. The zero-order valence-corrected chi connectivity index (χ0v) is 17.5. The van der Waals surface area contributed by atoms with E-state index in [0.717, 1.165) is 63.6 Å². The number of hydrogen-bond donors (Lipinski definition) is 1. The highest BCUT2D eigenvalue weighted by Crippen LogP contribution is 2.14. The molecule has 1 saturated heterocycles. The van der Waals surface area contributed by atoms with Crippen LogP contribution in [0.2, 0.25) is 0 Å². The van der Waals surface area contributed by atoms with Crippen LogP contribution < -0.4 is 4.74 Å². The number of amides is 1. The second-order valence-electron chi connectivity index (χ2n) is 7.14. The third-order valence-corrected chi connectivity index (χ3v) is 5.42. The van der Waals surface area contributed by atoms with Crippen LogP contribution in [0.25, 0.3) is 0 Å². The van der Waals surface area contributed by atoms with E-state index in [2.05, 4.69) is 34.2 Å². The van der Waals surface area contributed by atoms with Crippen LogP contribution in [0.3, 0.4) is 0 Å². The molecular weight excluding hydrogens is 374 g/mol. The van der Waals surface area contributed by atoms with Crippen LogP contribution in [0.15, 0.2) is 24.3 Å². The van der Waals surface area contributed by atoms with E-state index in [-0.39, 0.29) is 12.5 Å². The molecule has 1 aliphatic rings. The third-order valence-electron chi connectivity index (χ3n) is 5.11. The Balaban J connectivity index is 1.56. The van der Waals surface area contributed by atoms with Crippen LogP contribution in [0.5, 0.6) is 5.75 Å². The van der Waals surface area contributed by atoms with Gasteiger partial charge in [-0.3, -0.25) is 19.4 Å². The van der Waals surface area contributed by atoms with Gasteiger partial charge in [0.05, 0.1) is 7.11 Å². The van der Waals surface area contributed by atoms with Gasteiger partial charge in [0.1, 0.15) is 18.1 Å². The minimum atomic E-state index is 0.112. The largest absolute Gasteiger partial charge is 0.497 e. The van der Waals surface area contributed by atoms with Gasteiger partial charge in [0.2, 0.25) is 5.91 Å². The van der Waals surface area contributed by atoms with Crippen molar-refractivity contribution >= 4 is 18.1 Å². The summed E-state index contributed by atoms with van der Waals surface area (Å²) >= 11 is 5.30. The average molecular weight is 404 g/mol. The number of nitrogens with zero attached hydrogens (tertiary/aromatic N) is 4. The van der Waals surface area contributed by atoms with E-state index in [9.17, 15) is 4.79 Å². The summed E-state index contributed by atoms with van der Waals surface area (Å²) in [6.45, 7) is 6.63. The molecule has 152 valence electrons. The van der Waals surface area contributed by atoms with Gasteiger partial charge in [0, 0.05) is 39.1 Å². The van der Waals surface area contributed by atoms with Crippen molar-refractivity contribution in [1.29, 1.82) is 0 Å². The maximum atomic E-state index is 12.8. The Morgan fingerprint density at radius 1 is 1.21 bits per heavy atom. The Labute approximate surface area is 171 Å². The van der Waals surface area contributed by atoms with Crippen molar-refractivity contribution in [3.8, 4) is 5.75 Å². The Hall–Kier alpha value is -2.19. The summed E-state index contributed by atoms with van der Waals surface area (Å²) in [5, 5.41) is 7.06. The van der Waals surface area contributed by atoms with Crippen LogP contribution in [0, 0.1) is 4.77 Å². The Morgan fingerprint density at radius 3 is 2.71 bits per heavy atom. The number of carbonyl (C=O) groups excluding carboxylic acids is 1. The number of hydrogen-bond acceptors (Lipinski definition) is 5. The molecule has 1 aromatic heterocycles. The molecule has 0 aliphatic carbocycles. The van der Waals surface area contributed by atoms with E-state index >= 15 is 0 Å². The van der Waals surface area contributed by atoms with Gasteiger partial charge in [-0.2, -0.15) is 5.10 Å². The summed E-state index contributed by atoms with van der Waals surface area (Å²) in [5.74, 6) is 1.84. The maximum absolute atomic E-state index is 12.8. The first-order chi connectivity index (χ1) is 13.6. The van der Waals surface area contributed by atoms with Gasteiger partial charge >= 0.3 is 0 Å². The fourth-order valence-electron chi connectivity index (χ4n) is 3.53. The van der Waals surface area contributed by atoms with Gasteiger partial charge < -0.3 is 9.64 Å². The number of aromatic nitrogens is 3. The Morgan fingerprint density at radius 2 is 2.00 bits per heavy atom. The van der Waals surface area contributed by atoms with E-state index in [1.54, 1.807) is 7.11 Å². The third kappa shape index (κ3) is 5.20. The molecule has 7 nitrogen and oxygen atoms in total. The number of H-pyrrole nitrogens is 1. The molecule has 2 aromatic rings. The van der Waals surface area contributed by atoms with E-state index in [4.69, 9.17) is 17.0 Å². The normalized spacial score (nSPS) is 15.4. The lowest BCUT2D eigenvalue weighted by atomic mass is 10.2. The monoisotopic (exact) mass is 403 g/mol. The molecule has 1 fully saturated rings. The van der Waals surface area contributed by atoms with Crippen LogP contribution in [-0.4, -0.2) is 63.8 Å². The molecule has 1 amide bonds. The van der Waals surface area contributed by atoms with Crippen molar-refractivity contribution in [2.75, 3.05) is 33.3 Å². The van der Waals surface area contributed by atoms with Crippen LogP contribution in [-0.2, 0) is 24.3 Å². The first-order valence-electron chi connectivity index (χ1n) is 9.88. The summed E-state index contributed by atoms with van der Waals surface area (Å²) < 4.78 is 7.58. The van der Waals surface area contributed by atoms with Gasteiger partial charge in [-0.25, -0.2) is 0 Å². The minimum Gasteiger partial charge on any atom is -0.497 e. The molecule has 1 N–H and O–H groups in total. The highest BCUT2D eigenvalue weighted by Gasteiger charge is 2.20. The number of aromatic amines is 1. The fraction of sp³-hybridized carbons (Fsp3) is 0.550. The first-order valence-corrected chi connectivity index (χ1v) is 10.3. The average Bonchev–Trinajstić information content (AvgIpc) is 2.91. The van der Waals surface area contributed by atoms with E-state index in [1.165, 1.54) is 5.56 Å². The van der Waals surface area contributed by atoms with Crippen molar-refractivity contribution in [1.82, 2.24) is 24.6 Å². The van der Waals surface area contributed by atoms with Crippen LogP contribution in [0.4, 0.5) is 0 Å². The topological polar surface area (TPSA) is 66.4 Å². The number of methoxy groups -OCH3 is 1. The molecule has 0 atom stereocenters. The van der Waals surface area contributed by atoms with Crippen molar-refractivity contribution in [3.05, 3.63) is 40.4 Å². The predicted octanol–water partition coefficient (Wildman–Crippen LogP) is 2.64. The van der Waals surface area contributed by atoms with E-state index in [1.807, 2.05) is 21.6 Å². The number of carbonyl (C=O) groups is 1. The van der Waals surface area contributed by atoms with E-state index < -0.39 is 0 Å². The number of aryl methyl sites for hydroxylation is 1. The molecule has 0 unspecified atom stereocenters. The second kappa shape index (κ2) is 9.84. The molecule has 0 saturated carbocycles. The predicted molar refractivity (Wildman–Crippen MR) is 111 cm³/mol. The minimum absolute atomic E-state index is 0.112. The lowest BCUT2D eigenvalue weighted by Gasteiger charge is -2.22. The smallest absolute Gasteiger partial charge is 0.242 e. The molecule has 1 aliphatic heterocycles. The molecule has 0 radical (unpaired) electrons. The van der Waals surface area contributed by atoms with Crippen molar-refractivity contribution in [2.45, 2.75) is 39.3 Å². The van der Waals surface area contributed by atoms with Gasteiger partial charge in [0.25, 0.3) is 0 Å². The second-order valence-corrected chi connectivity index (χ2v) is 7.53. The summed E-state index contributed by atoms with van der Waals surface area (Å²) in [6, 6.07) is 8.18. The van der Waals surface area contributed by atoms with Crippen molar-refractivity contribution < 1.29 is 9.53 Å². The zero-order chi connectivity index (χ0) is 19.9. The highest BCUT2D eigenvalue weighted by molar-refractivity contribution is 7.71.